The lowest BCUT2D eigenvalue weighted by Crippen LogP contribution is -2.42. The molecule has 1 aliphatic rings. The highest BCUT2D eigenvalue weighted by Gasteiger charge is 2.25. The molecule has 0 spiro atoms. The first kappa shape index (κ1) is 17.0. The summed E-state index contributed by atoms with van der Waals surface area (Å²) in [4.78, 5) is 24.5. The van der Waals surface area contributed by atoms with Crippen LogP contribution < -0.4 is 5.32 Å². The van der Waals surface area contributed by atoms with E-state index in [1.807, 2.05) is 49.4 Å². The van der Waals surface area contributed by atoms with Gasteiger partial charge < -0.3 is 9.73 Å². The van der Waals surface area contributed by atoms with E-state index in [1.54, 1.807) is 6.26 Å². The lowest BCUT2D eigenvalue weighted by Gasteiger charge is -2.24. The van der Waals surface area contributed by atoms with Crippen LogP contribution in [0.4, 0.5) is 0 Å². The molecule has 0 radical (unpaired) electrons. The van der Waals surface area contributed by atoms with Crippen LogP contribution >= 0.6 is 0 Å². The highest BCUT2D eigenvalue weighted by molar-refractivity contribution is 6.39. The largest absolute Gasteiger partial charge is 0.469 e. The Labute approximate surface area is 146 Å². The molecule has 0 unspecified atom stereocenters. The quantitative estimate of drug-likeness (QED) is 0.879. The van der Waals surface area contributed by atoms with Crippen LogP contribution in [0.2, 0.25) is 0 Å². The van der Waals surface area contributed by atoms with E-state index in [0.717, 1.165) is 11.3 Å². The molecule has 0 aliphatic carbocycles. The predicted molar refractivity (Wildman–Crippen MR) is 93.7 cm³/mol. The SMILES string of the molecule is C[C@@H](Cc1ccco1)NC(=O)C1=NN(Cc2ccccc2)C(=O)CC1. The number of amides is 2. The molecule has 6 heteroatoms. The third-order valence-electron chi connectivity index (χ3n) is 4.01. The van der Waals surface area contributed by atoms with Crippen molar-refractivity contribution in [1.29, 1.82) is 0 Å². The zero-order valence-corrected chi connectivity index (χ0v) is 14.1. The first-order valence-corrected chi connectivity index (χ1v) is 8.37. The number of carbonyl (C=O) groups is 2. The van der Waals surface area contributed by atoms with Gasteiger partial charge >= 0.3 is 0 Å². The first-order valence-electron chi connectivity index (χ1n) is 8.37. The van der Waals surface area contributed by atoms with Crippen molar-refractivity contribution in [2.24, 2.45) is 5.10 Å². The minimum absolute atomic E-state index is 0.0657. The van der Waals surface area contributed by atoms with Gasteiger partial charge in [0.05, 0.1) is 12.8 Å². The van der Waals surface area contributed by atoms with E-state index in [-0.39, 0.29) is 17.9 Å². The van der Waals surface area contributed by atoms with E-state index in [0.29, 0.717) is 31.5 Å². The maximum Gasteiger partial charge on any atom is 0.267 e. The molecule has 0 bridgehead atoms. The smallest absolute Gasteiger partial charge is 0.267 e. The standard InChI is InChI=1S/C19H21N3O3/c1-14(12-16-8-5-11-25-16)20-19(24)17-9-10-18(23)22(21-17)13-15-6-3-2-4-7-15/h2-8,11,14H,9-10,12-13H2,1H3,(H,20,24)/t14-/m0/s1. The van der Waals surface area contributed by atoms with Crippen molar-refractivity contribution in [3.05, 3.63) is 60.1 Å². The van der Waals surface area contributed by atoms with Crippen LogP contribution in [0.3, 0.4) is 0 Å². The fourth-order valence-electron chi connectivity index (χ4n) is 2.73. The van der Waals surface area contributed by atoms with Gasteiger partial charge in [-0.1, -0.05) is 30.3 Å². The molecule has 1 aliphatic heterocycles. The number of hydrazone groups is 1. The van der Waals surface area contributed by atoms with Gasteiger partial charge in [0.25, 0.3) is 5.91 Å². The number of furan rings is 1. The van der Waals surface area contributed by atoms with Crippen molar-refractivity contribution >= 4 is 17.5 Å². The Hall–Kier alpha value is -2.89. The van der Waals surface area contributed by atoms with Crippen molar-refractivity contribution in [3.8, 4) is 0 Å². The van der Waals surface area contributed by atoms with E-state index in [1.165, 1.54) is 5.01 Å². The van der Waals surface area contributed by atoms with Crippen LogP contribution in [0.15, 0.2) is 58.2 Å². The summed E-state index contributed by atoms with van der Waals surface area (Å²) >= 11 is 0. The van der Waals surface area contributed by atoms with E-state index >= 15 is 0 Å². The number of benzene rings is 1. The van der Waals surface area contributed by atoms with Crippen molar-refractivity contribution in [1.82, 2.24) is 10.3 Å². The number of hydrogen-bond donors (Lipinski definition) is 1. The van der Waals surface area contributed by atoms with Crippen molar-refractivity contribution in [2.45, 2.75) is 38.8 Å². The summed E-state index contributed by atoms with van der Waals surface area (Å²) < 4.78 is 5.29. The summed E-state index contributed by atoms with van der Waals surface area (Å²) in [6, 6.07) is 13.2. The number of hydrogen-bond acceptors (Lipinski definition) is 4. The Bertz CT molecular complexity index is 753. The van der Waals surface area contributed by atoms with Crippen LogP contribution in [0.5, 0.6) is 0 Å². The monoisotopic (exact) mass is 339 g/mol. The molecule has 1 aromatic heterocycles. The van der Waals surface area contributed by atoms with Crippen LogP contribution in [0.25, 0.3) is 0 Å². The number of rotatable bonds is 6. The van der Waals surface area contributed by atoms with Gasteiger partial charge in [0.15, 0.2) is 0 Å². The van der Waals surface area contributed by atoms with E-state index in [2.05, 4.69) is 10.4 Å². The molecular weight excluding hydrogens is 318 g/mol. The summed E-state index contributed by atoms with van der Waals surface area (Å²) in [6.45, 7) is 2.29. The molecule has 25 heavy (non-hydrogen) atoms. The molecular formula is C19H21N3O3. The van der Waals surface area contributed by atoms with Gasteiger partial charge in [-0.3, -0.25) is 9.59 Å². The molecule has 2 amide bonds. The highest BCUT2D eigenvalue weighted by Crippen LogP contribution is 2.14. The average Bonchev–Trinajstić information content (AvgIpc) is 3.10. The first-order chi connectivity index (χ1) is 12.1. The summed E-state index contributed by atoms with van der Waals surface area (Å²) in [5.74, 6) is 0.521. The van der Waals surface area contributed by atoms with Crippen LogP contribution in [0.1, 0.15) is 31.1 Å². The Morgan fingerprint density at radius 1 is 1.24 bits per heavy atom. The van der Waals surface area contributed by atoms with E-state index < -0.39 is 0 Å². The van der Waals surface area contributed by atoms with Crippen molar-refractivity contribution in [3.63, 3.8) is 0 Å². The molecule has 2 aromatic rings. The highest BCUT2D eigenvalue weighted by atomic mass is 16.3. The van der Waals surface area contributed by atoms with Gasteiger partial charge in [-0.05, 0) is 24.6 Å². The van der Waals surface area contributed by atoms with Crippen LogP contribution in [-0.4, -0.2) is 28.6 Å². The van der Waals surface area contributed by atoms with Gasteiger partial charge in [-0.15, -0.1) is 0 Å². The maximum atomic E-state index is 12.4. The molecule has 0 fully saturated rings. The predicted octanol–water partition coefficient (Wildman–Crippen LogP) is 2.51. The molecule has 3 rings (SSSR count). The topological polar surface area (TPSA) is 74.9 Å². The second-order valence-electron chi connectivity index (χ2n) is 6.14. The molecule has 1 aromatic carbocycles. The molecule has 0 saturated carbocycles. The number of carbonyl (C=O) groups excluding carboxylic acids is 2. The Kier molecular flexibility index (Phi) is 5.28. The van der Waals surface area contributed by atoms with Crippen LogP contribution in [0, 0.1) is 0 Å². The number of nitrogens with zero attached hydrogens (tertiary/aromatic N) is 2. The van der Waals surface area contributed by atoms with Crippen molar-refractivity contribution < 1.29 is 14.0 Å². The molecule has 2 heterocycles. The lowest BCUT2D eigenvalue weighted by molar-refractivity contribution is -0.132. The van der Waals surface area contributed by atoms with E-state index in [4.69, 9.17) is 4.42 Å². The van der Waals surface area contributed by atoms with Gasteiger partial charge in [0.2, 0.25) is 5.91 Å². The Morgan fingerprint density at radius 3 is 2.76 bits per heavy atom. The van der Waals surface area contributed by atoms with Gasteiger partial charge in [-0.25, -0.2) is 5.01 Å². The molecule has 6 nitrogen and oxygen atoms in total. The third-order valence-corrected chi connectivity index (χ3v) is 4.01. The van der Waals surface area contributed by atoms with Gasteiger partial charge in [0.1, 0.15) is 11.5 Å². The van der Waals surface area contributed by atoms with E-state index in [9.17, 15) is 9.59 Å². The fourth-order valence-corrected chi connectivity index (χ4v) is 2.73. The molecule has 130 valence electrons. The second kappa shape index (κ2) is 7.79. The minimum Gasteiger partial charge on any atom is -0.469 e. The minimum atomic E-state index is -0.232. The zero-order chi connectivity index (χ0) is 17.6. The van der Waals surface area contributed by atoms with Crippen molar-refractivity contribution in [2.75, 3.05) is 0 Å². The summed E-state index contributed by atoms with van der Waals surface area (Å²) in [5.41, 5.74) is 1.37. The average molecular weight is 339 g/mol. The lowest BCUT2D eigenvalue weighted by atomic mass is 10.1. The molecule has 1 atom stereocenters. The summed E-state index contributed by atoms with van der Waals surface area (Å²) in [5, 5.41) is 8.57. The molecule has 0 saturated heterocycles. The number of nitrogens with one attached hydrogen (secondary N) is 1. The van der Waals surface area contributed by atoms with Gasteiger partial charge in [0, 0.05) is 25.3 Å². The normalized spacial score (nSPS) is 15.6. The Morgan fingerprint density at radius 2 is 2.04 bits per heavy atom. The Balaban J connectivity index is 1.62. The van der Waals surface area contributed by atoms with Crippen LogP contribution in [-0.2, 0) is 22.6 Å². The third kappa shape index (κ3) is 4.56. The molecule has 1 N–H and O–H groups in total. The fraction of sp³-hybridized carbons (Fsp3) is 0.316. The summed E-state index contributed by atoms with van der Waals surface area (Å²) in [6.07, 6.45) is 2.88. The van der Waals surface area contributed by atoms with Gasteiger partial charge in [-0.2, -0.15) is 5.10 Å². The zero-order valence-electron chi connectivity index (χ0n) is 14.1. The second-order valence-corrected chi connectivity index (χ2v) is 6.14. The maximum absolute atomic E-state index is 12.4. The summed E-state index contributed by atoms with van der Waals surface area (Å²) in [7, 11) is 0.